The van der Waals surface area contributed by atoms with Crippen molar-refractivity contribution in [2.45, 2.75) is 24.7 Å². The third-order valence-corrected chi connectivity index (χ3v) is 4.51. The first-order chi connectivity index (χ1) is 7.93. The van der Waals surface area contributed by atoms with Gasteiger partial charge < -0.3 is 0 Å². The molecule has 1 heterocycles. The summed E-state index contributed by atoms with van der Waals surface area (Å²) in [6, 6.07) is 6.42. The van der Waals surface area contributed by atoms with E-state index in [1.807, 2.05) is 6.92 Å². The lowest BCUT2D eigenvalue weighted by Crippen LogP contribution is -2.30. The fourth-order valence-electron chi connectivity index (χ4n) is 1.75. The van der Waals surface area contributed by atoms with Gasteiger partial charge in [-0.2, -0.15) is 0 Å². The van der Waals surface area contributed by atoms with Crippen molar-refractivity contribution in [1.29, 1.82) is 0 Å². The Morgan fingerprint density at radius 2 is 1.76 bits per heavy atom. The van der Waals surface area contributed by atoms with Crippen molar-refractivity contribution < 1.29 is 13.2 Å². The van der Waals surface area contributed by atoms with Crippen molar-refractivity contribution in [1.82, 2.24) is 4.31 Å². The van der Waals surface area contributed by atoms with E-state index in [1.165, 1.54) is 12.1 Å². The molecule has 0 N–H and O–H groups in total. The summed E-state index contributed by atoms with van der Waals surface area (Å²) in [6.45, 7) is 5.49. The van der Waals surface area contributed by atoms with E-state index < -0.39 is 15.9 Å². The molecule has 0 unspecified atom stereocenters. The van der Waals surface area contributed by atoms with Crippen LogP contribution in [0.1, 0.15) is 18.4 Å². The van der Waals surface area contributed by atoms with Crippen LogP contribution in [-0.2, 0) is 14.8 Å². The van der Waals surface area contributed by atoms with Gasteiger partial charge in [-0.05, 0) is 25.5 Å². The molecule has 2 rings (SSSR count). The van der Waals surface area contributed by atoms with Gasteiger partial charge in [0.15, 0.2) is 0 Å². The van der Waals surface area contributed by atoms with E-state index in [9.17, 15) is 13.2 Å². The summed E-state index contributed by atoms with van der Waals surface area (Å²) in [5.41, 5.74) is 1.31. The van der Waals surface area contributed by atoms with E-state index in [1.54, 1.807) is 12.1 Å². The molecule has 0 aromatic heterocycles. The molecule has 5 heteroatoms. The van der Waals surface area contributed by atoms with Gasteiger partial charge in [0.25, 0.3) is 10.0 Å². The van der Waals surface area contributed by atoms with Crippen LogP contribution in [0.4, 0.5) is 0 Å². The molecule has 0 saturated carbocycles. The van der Waals surface area contributed by atoms with Crippen molar-refractivity contribution >= 4 is 15.9 Å². The summed E-state index contributed by atoms with van der Waals surface area (Å²) in [6.07, 6.45) is 0.619. The standard InChI is InChI=1S/C12H13NO3S/c1-9-3-6-11(7-4-9)17(15,16)13-10(2)5-8-12(13)14/h3-4,6-7H,2,5,8H2,1H3. The second kappa shape index (κ2) is 4.00. The largest absolute Gasteiger partial charge is 0.273 e. The van der Waals surface area contributed by atoms with Crippen LogP contribution in [0.2, 0.25) is 0 Å². The minimum atomic E-state index is -3.77. The predicted molar refractivity (Wildman–Crippen MR) is 63.6 cm³/mol. The molecule has 1 saturated heterocycles. The van der Waals surface area contributed by atoms with Gasteiger partial charge in [0, 0.05) is 12.1 Å². The molecule has 1 aliphatic heterocycles. The normalized spacial score (nSPS) is 16.6. The smallest absolute Gasteiger partial charge is 0.270 e. The molecule has 17 heavy (non-hydrogen) atoms. The van der Waals surface area contributed by atoms with Crippen LogP contribution < -0.4 is 0 Å². The molecule has 1 aromatic rings. The van der Waals surface area contributed by atoms with Crippen LogP contribution in [0, 0.1) is 6.92 Å². The van der Waals surface area contributed by atoms with Crippen molar-refractivity contribution in [2.75, 3.05) is 0 Å². The zero-order chi connectivity index (χ0) is 12.6. The number of rotatable bonds is 2. The molecule has 1 aliphatic rings. The zero-order valence-electron chi connectivity index (χ0n) is 9.51. The van der Waals surface area contributed by atoms with Gasteiger partial charge in [0.05, 0.1) is 4.90 Å². The summed E-state index contributed by atoms with van der Waals surface area (Å²) in [7, 11) is -3.77. The molecule has 1 fully saturated rings. The molecule has 0 radical (unpaired) electrons. The third-order valence-electron chi connectivity index (χ3n) is 2.70. The van der Waals surface area contributed by atoms with Crippen molar-refractivity contribution in [2.24, 2.45) is 0 Å². The maximum atomic E-state index is 12.2. The second-order valence-electron chi connectivity index (χ2n) is 4.04. The van der Waals surface area contributed by atoms with Gasteiger partial charge in [0.1, 0.15) is 0 Å². The number of carbonyl (C=O) groups excluding carboxylic acids is 1. The topological polar surface area (TPSA) is 54.5 Å². The molecule has 4 nitrogen and oxygen atoms in total. The minimum Gasteiger partial charge on any atom is -0.273 e. The third kappa shape index (κ3) is 1.98. The zero-order valence-corrected chi connectivity index (χ0v) is 10.3. The number of amides is 1. The Morgan fingerprint density at radius 3 is 2.24 bits per heavy atom. The SMILES string of the molecule is C=C1CCC(=O)N1S(=O)(=O)c1ccc(C)cc1. The Labute approximate surface area is 101 Å². The highest BCUT2D eigenvalue weighted by atomic mass is 32.2. The van der Waals surface area contributed by atoms with Crippen LogP contribution in [0.15, 0.2) is 41.4 Å². The summed E-state index contributed by atoms with van der Waals surface area (Å²) in [5, 5.41) is 0. The Hall–Kier alpha value is -1.62. The monoisotopic (exact) mass is 251 g/mol. The number of sulfonamides is 1. The average Bonchev–Trinajstić information content (AvgIpc) is 2.59. The Kier molecular flexibility index (Phi) is 2.79. The first kappa shape index (κ1) is 11.9. The maximum Gasteiger partial charge on any atom is 0.270 e. The van der Waals surface area contributed by atoms with Gasteiger partial charge in [-0.25, -0.2) is 12.7 Å². The Bertz CT molecular complexity index is 556. The molecular weight excluding hydrogens is 238 g/mol. The van der Waals surface area contributed by atoms with Crippen LogP contribution in [-0.4, -0.2) is 18.6 Å². The van der Waals surface area contributed by atoms with E-state index in [-0.39, 0.29) is 11.3 Å². The number of hydrogen-bond donors (Lipinski definition) is 0. The molecule has 1 aromatic carbocycles. The second-order valence-corrected chi connectivity index (χ2v) is 5.83. The fourth-order valence-corrected chi connectivity index (χ4v) is 3.23. The molecule has 1 amide bonds. The van der Waals surface area contributed by atoms with E-state index in [2.05, 4.69) is 6.58 Å². The summed E-state index contributed by atoms with van der Waals surface area (Å²) in [5.74, 6) is -0.407. The number of hydrogen-bond acceptors (Lipinski definition) is 3. The van der Waals surface area contributed by atoms with E-state index in [4.69, 9.17) is 0 Å². The number of carbonyl (C=O) groups is 1. The molecule has 0 atom stereocenters. The average molecular weight is 251 g/mol. The van der Waals surface area contributed by atoms with Gasteiger partial charge in [-0.1, -0.05) is 24.3 Å². The van der Waals surface area contributed by atoms with Crippen molar-refractivity contribution in [3.05, 3.63) is 42.1 Å². The number of benzene rings is 1. The minimum absolute atomic E-state index is 0.125. The predicted octanol–water partition coefficient (Wildman–Crippen LogP) is 1.82. The van der Waals surface area contributed by atoms with Gasteiger partial charge in [-0.15, -0.1) is 0 Å². The van der Waals surface area contributed by atoms with Gasteiger partial charge >= 0.3 is 0 Å². The lowest BCUT2D eigenvalue weighted by molar-refractivity contribution is -0.123. The Balaban J connectivity index is 2.46. The summed E-state index contributed by atoms with van der Waals surface area (Å²) >= 11 is 0. The first-order valence-corrected chi connectivity index (χ1v) is 6.69. The quantitative estimate of drug-likeness (QED) is 0.805. The summed E-state index contributed by atoms with van der Waals surface area (Å²) in [4.78, 5) is 11.7. The van der Waals surface area contributed by atoms with Crippen LogP contribution in [0.3, 0.4) is 0 Å². The molecule has 0 aliphatic carbocycles. The van der Waals surface area contributed by atoms with Crippen molar-refractivity contribution in [3.63, 3.8) is 0 Å². The van der Waals surface area contributed by atoms with Crippen LogP contribution in [0.5, 0.6) is 0 Å². The highest BCUT2D eigenvalue weighted by molar-refractivity contribution is 7.89. The maximum absolute atomic E-state index is 12.2. The van der Waals surface area contributed by atoms with Crippen LogP contribution >= 0.6 is 0 Å². The number of nitrogens with zero attached hydrogens (tertiary/aromatic N) is 1. The van der Waals surface area contributed by atoms with Gasteiger partial charge in [0.2, 0.25) is 5.91 Å². The number of aryl methyl sites for hydroxylation is 1. The molecule has 90 valence electrons. The molecule has 0 bridgehead atoms. The van der Waals surface area contributed by atoms with Crippen LogP contribution in [0.25, 0.3) is 0 Å². The number of allylic oxidation sites excluding steroid dienone is 1. The Morgan fingerprint density at radius 1 is 1.18 bits per heavy atom. The lowest BCUT2D eigenvalue weighted by atomic mass is 10.2. The van der Waals surface area contributed by atoms with Crippen molar-refractivity contribution in [3.8, 4) is 0 Å². The highest BCUT2D eigenvalue weighted by Gasteiger charge is 2.35. The van der Waals surface area contributed by atoms with Gasteiger partial charge in [-0.3, -0.25) is 4.79 Å². The van der Waals surface area contributed by atoms with E-state index in [0.717, 1.165) is 9.87 Å². The molecular formula is C12H13NO3S. The van der Waals surface area contributed by atoms with E-state index in [0.29, 0.717) is 12.1 Å². The molecule has 0 spiro atoms. The highest BCUT2D eigenvalue weighted by Crippen LogP contribution is 2.28. The fraction of sp³-hybridized carbons (Fsp3) is 0.250. The van der Waals surface area contributed by atoms with E-state index >= 15 is 0 Å². The lowest BCUT2D eigenvalue weighted by Gasteiger charge is -2.17. The summed E-state index contributed by atoms with van der Waals surface area (Å²) < 4.78 is 25.2. The first-order valence-electron chi connectivity index (χ1n) is 5.25.